The van der Waals surface area contributed by atoms with Gasteiger partial charge in [0.25, 0.3) is 5.91 Å². The number of aromatic nitrogens is 3. The number of carbonyl (C=O) groups excluding carboxylic acids is 3. The smallest absolute Gasteiger partial charge is 0.408 e. The molecule has 1 saturated heterocycles. The molecule has 3 aromatic rings. The zero-order valence-electron chi connectivity index (χ0n) is 31.5. The molecule has 2 aliphatic heterocycles. The molecule has 2 N–H and O–H groups in total. The molecular formula is C39H53N7O5S. The van der Waals surface area contributed by atoms with E-state index in [0.29, 0.717) is 25.0 Å². The Hall–Kier alpha value is -3.94. The largest absolute Gasteiger partial charge is 0.444 e. The maximum Gasteiger partial charge on any atom is 0.408 e. The fraction of sp³-hybridized carbons (Fsp3) is 0.564. The van der Waals surface area contributed by atoms with Gasteiger partial charge in [0.15, 0.2) is 0 Å². The summed E-state index contributed by atoms with van der Waals surface area (Å²) in [6.45, 7) is 12.3. The number of amides is 3. The van der Waals surface area contributed by atoms with Crippen LogP contribution in [0.15, 0.2) is 47.6 Å². The van der Waals surface area contributed by atoms with Crippen LogP contribution in [0.2, 0.25) is 0 Å². The number of likely N-dealkylation sites (tertiary alicyclic amines) is 1. The average Bonchev–Trinajstić information content (AvgIpc) is 3.67. The molecule has 3 heterocycles. The van der Waals surface area contributed by atoms with E-state index in [1.165, 1.54) is 6.42 Å². The van der Waals surface area contributed by atoms with Crippen LogP contribution in [0.25, 0.3) is 0 Å². The Balaban J connectivity index is 1.19. The van der Waals surface area contributed by atoms with Gasteiger partial charge >= 0.3 is 6.09 Å². The van der Waals surface area contributed by atoms with Crippen molar-refractivity contribution in [1.82, 2.24) is 30.3 Å². The first-order chi connectivity index (χ1) is 24.8. The minimum absolute atomic E-state index is 0.00424. The highest BCUT2D eigenvalue weighted by molar-refractivity contribution is 7.98. The van der Waals surface area contributed by atoms with Crippen molar-refractivity contribution < 1.29 is 23.9 Å². The quantitative estimate of drug-likeness (QED) is 0.135. The summed E-state index contributed by atoms with van der Waals surface area (Å²) in [4.78, 5) is 44.1. The number of rotatable bonds is 12. The first-order valence-corrected chi connectivity index (χ1v) is 19.5. The van der Waals surface area contributed by atoms with Gasteiger partial charge in [-0.05, 0) is 112 Å². The highest BCUT2D eigenvalue weighted by Crippen LogP contribution is 2.52. The maximum atomic E-state index is 14.3. The Kier molecular flexibility index (Phi) is 11.3. The van der Waals surface area contributed by atoms with Crippen molar-refractivity contribution in [2.75, 3.05) is 44.1 Å². The summed E-state index contributed by atoms with van der Waals surface area (Å²) in [7, 11) is 2.00. The third-order valence-electron chi connectivity index (χ3n) is 10.4. The van der Waals surface area contributed by atoms with Crippen molar-refractivity contribution in [2.45, 2.75) is 88.8 Å². The fourth-order valence-corrected chi connectivity index (χ4v) is 8.77. The van der Waals surface area contributed by atoms with Gasteiger partial charge in [0, 0.05) is 29.7 Å². The lowest BCUT2D eigenvalue weighted by molar-refractivity contribution is -0.122. The van der Waals surface area contributed by atoms with E-state index >= 15 is 0 Å². The van der Waals surface area contributed by atoms with Gasteiger partial charge in [-0.15, -0.1) is 22.0 Å². The SMILES string of the molecule is CSc1cc(C(COCNC(=O)CNC(=O)OC(C)(C)C)N2CCC[C@H](C)C2)cc2c1CN(c1cccc([C@]3(c4nncn4C)C[C@@H](C)C3)c1)C2=O. The number of benzene rings is 2. The van der Waals surface area contributed by atoms with Gasteiger partial charge in [-0.2, -0.15) is 0 Å². The summed E-state index contributed by atoms with van der Waals surface area (Å²) < 4.78 is 13.3. The second kappa shape index (κ2) is 15.6. The highest BCUT2D eigenvalue weighted by atomic mass is 32.2. The van der Waals surface area contributed by atoms with E-state index in [9.17, 15) is 14.4 Å². The molecule has 12 nitrogen and oxygen atoms in total. The zero-order valence-corrected chi connectivity index (χ0v) is 32.3. The van der Waals surface area contributed by atoms with E-state index in [1.54, 1.807) is 38.9 Å². The molecule has 2 aromatic carbocycles. The van der Waals surface area contributed by atoms with Gasteiger partial charge in [-0.1, -0.05) is 26.0 Å². The van der Waals surface area contributed by atoms with Gasteiger partial charge in [0.2, 0.25) is 5.91 Å². The molecule has 280 valence electrons. The van der Waals surface area contributed by atoms with Crippen LogP contribution in [0.1, 0.15) is 99.2 Å². The molecule has 1 unspecified atom stereocenters. The third-order valence-corrected chi connectivity index (χ3v) is 11.2. The number of hydrogen-bond donors (Lipinski definition) is 2. The zero-order chi connectivity index (χ0) is 37.2. The van der Waals surface area contributed by atoms with Gasteiger partial charge < -0.3 is 29.6 Å². The van der Waals surface area contributed by atoms with Crippen molar-refractivity contribution in [3.05, 3.63) is 70.8 Å². The molecule has 52 heavy (non-hydrogen) atoms. The van der Waals surface area contributed by atoms with Crippen LogP contribution in [0.5, 0.6) is 0 Å². The van der Waals surface area contributed by atoms with Crippen LogP contribution in [0.3, 0.4) is 0 Å². The number of piperidine rings is 1. The molecule has 1 aromatic heterocycles. The van der Waals surface area contributed by atoms with E-state index < -0.39 is 11.7 Å². The monoisotopic (exact) mass is 731 g/mol. The summed E-state index contributed by atoms with van der Waals surface area (Å²) in [5, 5.41) is 13.9. The highest BCUT2D eigenvalue weighted by Gasteiger charge is 2.48. The molecule has 2 fully saturated rings. The summed E-state index contributed by atoms with van der Waals surface area (Å²) in [5.41, 5.74) is 3.98. The number of aryl methyl sites for hydroxylation is 1. The van der Waals surface area contributed by atoms with E-state index in [2.05, 4.69) is 76.2 Å². The topological polar surface area (TPSA) is 131 Å². The molecule has 6 rings (SSSR count). The normalized spacial score (nSPS) is 22.4. The van der Waals surface area contributed by atoms with Gasteiger partial charge in [-0.25, -0.2) is 4.79 Å². The van der Waals surface area contributed by atoms with Crippen molar-refractivity contribution in [1.29, 1.82) is 0 Å². The number of ether oxygens (including phenoxy) is 2. The molecule has 0 bridgehead atoms. The van der Waals surface area contributed by atoms with Crippen molar-refractivity contribution in [3.63, 3.8) is 0 Å². The summed E-state index contributed by atoms with van der Waals surface area (Å²) in [6, 6.07) is 12.6. The van der Waals surface area contributed by atoms with Crippen LogP contribution in [-0.2, 0) is 33.3 Å². The summed E-state index contributed by atoms with van der Waals surface area (Å²) >= 11 is 1.66. The Labute approximate surface area is 311 Å². The molecule has 1 saturated carbocycles. The number of nitrogens with zero attached hydrogens (tertiary/aromatic N) is 5. The molecular weight excluding hydrogens is 679 g/mol. The summed E-state index contributed by atoms with van der Waals surface area (Å²) in [6.07, 6.45) is 7.41. The minimum Gasteiger partial charge on any atom is -0.444 e. The molecule has 3 amide bonds. The van der Waals surface area contributed by atoms with Crippen molar-refractivity contribution in [2.24, 2.45) is 18.9 Å². The average molecular weight is 732 g/mol. The predicted octanol–water partition coefficient (Wildman–Crippen LogP) is 5.80. The van der Waals surface area contributed by atoms with E-state index in [-0.39, 0.29) is 36.5 Å². The lowest BCUT2D eigenvalue weighted by Crippen LogP contribution is -2.43. The Bertz CT molecular complexity index is 1780. The predicted molar refractivity (Wildman–Crippen MR) is 201 cm³/mol. The molecule has 2 atom stereocenters. The van der Waals surface area contributed by atoms with E-state index in [1.807, 2.05) is 22.6 Å². The number of fused-ring (bicyclic) bond motifs is 1. The van der Waals surface area contributed by atoms with Crippen LogP contribution >= 0.6 is 11.8 Å². The number of nitrogens with one attached hydrogen (secondary N) is 2. The lowest BCUT2D eigenvalue weighted by atomic mass is 9.58. The Morgan fingerprint density at radius 1 is 1.12 bits per heavy atom. The molecule has 3 aliphatic rings. The van der Waals surface area contributed by atoms with Crippen LogP contribution < -0.4 is 15.5 Å². The third kappa shape index (κ3) is 8.16. The Morgan fingerprint density at radius 2 is 1.90 bits per heavy atom. The van der Waals surface area contributed by atoms with Gasteiger partial charge in [0.05, 0.1) is 24.6 Å². The number of thioether (sulfide) groups is 1. The summed E-state index contributed by atoms with van der Waals surface area (Å²) in [5.74, 6) is 1.70. The molecule has 0 radical (unpaired) electrons. The van der Waals surface area contributed by atoms with Crippen LogP contribution in [0, 0.1) is 11.8 Å². The minimum atomic E-state index is -0.650. The molecule has 1 aliphatic carbocycles. The number of alkyl carbamates (subject to hydrolysis) is 1. The van der Waals surface area contributed by atoms with Gasteiger partial charge in [-0.3, -0.25) is 14.5 Å². The molecule has 13 heteroatoms. The number of anilines is 1. The second-order valence-corrected chi connectivity index (χ2v) is 16.6. The standard InChI is InChI=1S/C39H53N7O5S/c1-25-10-9-13-45(20-25)32(22-50-24-41-34(47)19-40-37(49)51-38(3,4)5)27-14-30-31(33(15-27)52-7)21-46(35(30)48)29-12-8-11-28(16-29)39(17-26(2)18-39)36-43-42-23-44(36)6/h8,11-12,14-16,23,25-26,32H,9-10,13,17-22,24H2,1-7H3,(H,40,49)(H,41,47)/t25-,26-,32?,39+/m0/s1. The number of hydrogen-bond acceptors (Lipinski definition) is 9. The fourth-order valence-electron chi connectivity index (χ4n) is 8.10. The number of carbonyl (C=O) groups is 3. The first-order valence-electron chi connectivity index (χ1n) is 18.3. The van der Waals surface area contributed by atoms with Gasteiger partial charge in [0.1, 0.15) is 31.0 Å². The maximum absolute atomic E-state index is 14.3. The first kappa shape index (κ1) is 37.8. The van der Waals surface area contributed by atoms with Crippen molar-refractivity contribution in [3.8, 4) is 0 Å². The second-order valence-electron chi connectivity index (χ2n) is 15.8. The van der Waals surface area contributed by atoms with E-state index in [0.717, 1.165) is 71.0 Å². The van der Waals surface area contributed by atoms with Crippen molar-refractivity contribution >= 4 is 35.4 Å². The Morgan fingerprint density at radius 3 is 2.58 bits per heavy atom. The molecule has 0 spiro atoms. The van der Waals surface area contributed by atoms with Crippen LogP contribution in [0.4, 0.5) is 10.5 Å². The van der Waals surface area contributed by atoms with E-state index in [4.69, 9.17) is 9.47 Å². The van der Waals surface area contributed by atoms with Crippen LogP contribution in [-0.4, -0.2) is 82.4 Å². The lowest BCUT2D eigenvalue weighted by Gasteiger charge is -2.46.